The summed E-state index contributed by atoms with van der Waals surface area (Å²) in [5.74, 6) is 1.19. The molecule has 1 N–H and O–H groups in total. The van der Waals surface area contributed by atoms with E-state index in [9.17, 15) is 0 Å². The van der Waals surface area contributed by atoms with E-state index in [1.807, 2.05) is 6.92 Å². The van der Waals surface area contributed by atoms with Crippen LogP contribution in [0.5, 0.6) is 11.8 Å². The number of piperidine rings is 1. The van der Waals surface area contributed by atoms with Gasteiger partial charge in [0, 0.05) is 6.04 Å². The van der Waals surface area contributed by atoms with Crippen molar-refractivity contribution in [2.75, 3.05) is 20.3 Å². The first kappa shape index (κ1) is 12.1. The van der Waals surface area contributed by atoms with Gasteiger partial charge in [-0.25, -0.2) is 9.97 Å². The first-order valence-electron chi connectivity index (χ1n) is 6.03. The van der Waals surface area contributed by atoms with Crippen molar-refractivity contribution in [1.29, 1.82) is 0 Å². The van der Waals surface area contributed by atoms with Crippen LogP contribution in [0.2, 0.25) is 0 Å². The Balaban J connectivity index is 1.93. The molecule has 5 nitrogen and oxygen atoms in total. The summed E-state index contributed by atoms with van der Waals surface area (Å²) in [4.78, 5) is 8.15. The number of methoxy groups -OCH3 is 1. The maximum absolute atomic E-state index is 5.73. The van der Waals surface area contributed by atoms with Crippen LogP contribution in [0.1, 0.15) is 24.8 Å². The van der Waals surface area contributed by atoms with E-state index in [0.717, 1.165) is 12.1 Å². The predicted octanol–water partition coefficient (Wildman–Crippen LogP) is 1.31. The number of ether oxygens (including phenoxy) is 2. The molecule has 1 fully saturated rings. The fourth-order valence-corrected chi connectivity index (χ4v) is 2.02. The summed E-state index contributed by atoms with van der Waals surface area (Å²) < 4.78 is 10.9. The second-order valence-corrected chi connectivity index (χ2v) is 4.27. The average Bonchev–Trinajstić information content (AvgIpc) is 2.39. The average molecular weight is 237 g/mol. The molecule has 0 aliphatic carbocycles. The van der Waals surface area contributed by atoms with Crippen LogP contribution in [-0.4, -0.2) is 36.3 Å². The van der Waals surface area contributed by atoms with Gasteiger partial charge < -0.3 is 14.8 Å². The molecule has 1 aromatic rings. The lowest BCUT2D eigenvalue weighted by molar-refractivity contribution is 0.229. The molecule has 0 aromatic carbocycles. The second-order valence-electron chi connectivity index (χ2n) is 4.27. The molecule has 0 saturated carbocycles. The third kappa shape index (κ3) is 3.06. The zero-order valence-electron chi connectivity index (χ0n) is 10.4. The standard InChI is InChI=1S/C12H19N3O2/c1-9-11(16-2)14-8-15-12(9)17-7-10-5-3-4-6-13-10/h8,10,13H,3-7H2,1-2H3. The van der Waals surface area contributed by atoms with Gasteiger partial charge in [0.2, 0.25) is 11.8 Å². The molecule has 17 heavy (non-hydrogen) atoms. The molecule has 2 rings (SSSR count). The summed E-state index contributed by atoms with van der Waals surface area (Å²) in [7, 11) is 1.60. The highest BCUT2D eigenvalue weighted by atomic mass is 16.5. The summed E-state index contributed by atoms with van der Waals surface area (Å²) in [6.45, 7) is 3.64. The molecule has 1 unspecified atom stereocenters. The Labute approximate surface area is 102 Å². The fraction of sp³-hybridized carbons (Fsp3) is 0.667. The Morgan fingerprint density at radius 3 is 2.88 bits per heavy atom. The van der Waals surface area contributed by atoms with Crippen LogP contribution in [0, 0.1) is 6.92 Å². The summed E-state index contributed by atoms with van der Waals surface area (Å²) >= 11 is 0. The Morgan fingerprint density at radius 1 is 1.35 bits per heavy atom. The molecule has 1 atom stereocenters. The number of rotatable bonds is 4. The molecule has 1 aromatic heterocycles. The number of hydrogen-bond donors (Lipinski definition) is 1. The largest absolute Gasteiger partial charge is 0.481 e. The molecular formula is C12H19N3O2. The van der Waals surface area contributed by atoms with Gasteiger partial charge >= 0.3 is 0 Å². The molecule has 2 heterocycles. The SMILES string of the molecule is COc1ncnc(OCC2CCCCN2)c1C. The van der Waals surface area contributed by atoms with E-state index >= 15 is 0 Å². The van der Waals surface area contributed by atoms with Crippen molar-refractivity contribution in [2.45, 2.75) is 32.2 Å². The first-order chi connectivity index (χ1) is 8.31. The summed E-state index contributed by atoms with van der Waals surface area (Å²) in [6.07, 6.45) is 5.17. The molecule has 0 bridgehead atoms. The van der Waals surface area contributed by atoms with Crippen molar-refractivity contribution in [3.63, 3.8) is 0 Å². The molecule has 1 aliphatic heterocycles. The molecule has 94 valence electrons. The highest BCUT2D eigenvalue weighted by Gasteiger charge is 2.15. The maximum atomic E-state index is 5.73. The third-order valence-electron chi connectivity index (χ3n) is 3.02. The van der Waals surface area contributed by atoms with Crippen molar-refractivity contribution in [1.82, 2.24) is 15.3 Å². The Morgan fingerprint density at radius 2 is 2.18 bits per heavy atom. The number of nitrogens with one attached hydrogen (secondary N) is 1. The van der Waals surface area contributed by atoms with E-state index in [1.54, 1.807) is 7.11 Å². The Hall–Kier alpha value is -1.36. The van der Waals surface area contributed by atoms with Gasteiger partial charge in [-0.3, -0.25) is 0 Å². The van der Waals surface area contributed by atoms with E-state index in [4.69, 9.17) is 9.47 Å². The van der Waals surface area contributed by atoms with E-state index < -0.39 is 0 Å². The minimum atomic E-state index is 0.434. The molecule has 0 amide bonds. The summed E-state index contributed by atoms with van der Waals surface area (Å²) in [5, 5.41) is 3.44. The van der Waals surface area contributed by atoms with Gasteiger partial charge in [-0.15, -0.1) is 0 Å². The van der Waals surface area contributed by atoms with E-state index in [-0.39, 0.29) is 0 Å². The van der Waals surface area contributed by atoms with Crippen LogP contribution in [0.4, 0.5) is 0 Å². The minimum Gasteiger partial charge on any atom is -0.481 e. The minimum absolute atomic E-state index is 0.434. The van der Waals surface area contributed by atoms with Crippen LogP contribution >= 0.6 is 0 Å². The number of aromatic nitrogens is 2. The van der Waals surface area contributed by atoms with Crippen LogP contribution in [0.25, 0.3) is 0 Å². The van der Waals surface area contributed by atoms with Crippen molar-refractivity contribution in [3.05, 3.63) is 11.9 Å². The van der Waals surface area contributed by atoms with Gasteiger partial charge in [0.05, 0.1) is 12.7 Å². The summed E-state index contributed by atoms with van der Waals surface area (Å²) in [5.41, 5.74) is 0.853. The summed E-state index contributed by atoms with van der Waals surface area (Å²) in [6, 6.07) is 0.434. The lowest BCUT2D eigenvalue weighted by atomic mass is 10.1. The van der Waals surface area contributed by atoms with Gasteiger partial charge in [0.25, 0.3) is 0 Å². The van der Waals surface area contributed by atoms with E-state index in [2.05, 4.69) is 15.3 Å². The maximum Gasteiger partial charge on any atom is 0.223 e. The normalized spacial score (nSPS) is 20.0. The quantitative estimate of drug-likeness (QED) is 0.855. The van der Waals surface area contributed by atoms with Gasteiger partial charge in [-0.2, -0.15) is 0 Å². The van der Waals surface area contributed by atoms with Crippen molar-refractivity contribution >= 4 is 0 Å². The van der Waals surface area contributed by atoms with Crippen LogP contribution < -0.4 is 14.8 Å². The van der Waals surface area contributed by atoms with Crippen LogP contribution in [0.3, 0.4) is 0 Å². The lowest BCUT2D eigenvalue weighted by Gasteiger charge is -2.23. The Bertz CT molecular complexity index is 365. The zero-order valence-corrected chi connectivity index (χ0v) is 10.4. The molecule has 0 radical (unpaired) electrons. The third-order valence-corrected chi connectivity index (χ3v) is 3.02. The van der Waals surface area contributed by atoms with Crippen molar-refractivity contribution < 1.29 is 9.47 Å². The predicted molar refractivity (Wildman–Crippen MR) is 64.5 cm³/mol. The highest BCUT2D eigenvalue weighted by molar-refractivity contribution is 5.32. The van der Waals surface area contributed by atoms with E-state index in [0.29, 0.717) is 24.4 Å². The molecule has 1 saturated heterocycles. The lowest BCUT2D eigenvalue weighted by Crippen LogP contribution is -2.38. The topological polar surface area (TPSA) is 56.3 Å². The molecule has 5 heteroatoms. The Kier molecular flexibility index (Phi) is 4.14. The number of nitrogens with zero attached hydrogens (tertiary/aromatic N) is 2. The van der Waals surface area contributed by atoms with Gasteiger partial charge in [-0.1, -0.05) is 6.42 Å². The first-order valence-corrected chi connectivity index (χ1v) is 6.03. The van der Waals surface area contributed by atoms with Crippen LogP contribution in [-0.2, 0) is 0 Å². The fourth-order valence-electron chi connectivity index (χ4n) is 2.02. The second kappa shape index (κ2) is 5.82. The molecule has 1 aliphatic rings. The van der Waals surface area contributed by atoms with Gasteiger partial charge in [0.15, 0.2) is 0 Å². The van der Waals surface area contributed by atoms with Crippen LogP contribution in [0.15, 0.2) is 6.33 Å². The highest BCUT2D eigenvalue weighted by Crippen LogP contribution is 2.22. The molecular weight excluding hydrogens is 218 g/mol. The monoisotopic (exact) mass is 237 g/mol. The smallest absolute Gasteiger partial charge is 0.223 e. The van der Waals surface area contributed by atoms with Gasteiger partial charge in [-0.05, 0) is 26.3 Å². The van der Waals surface area contributed by atoms with E-state index in [1.165, 1.54) is 25.6 Å². The van der Waals surface area contributed by atoms with Crippen molar-refractivity contribution in [3.8, 4) is 11.8 Å². The number of hydrogen-bond acceptors (Lipinski definition) is 5. The molecule has 0 spiro atoms. The van der Waals surface area contributed by atoms with Gasteiger partial charge in [0.1, 0.15) is 12.9 Å². The zero-order chi connectivity index (χ0) is 12.1. The van der Waals surface area contributed by atoms with Crippen molar-refractivity contribution in [2.24, 2.45) is 0 Å².